The van der Waals surface area contributed by atoms with Crippen LogP contribution in [0.5, 0.6) is 0 Å². The Bertz CT molecular complexity index is 1690. The van der Waals surface area contributed by atoms with Crippen LogP contribution in [0, 0.1) is 0 Å². The predicted molar refractivity (Wildman–Crippen MR) is 135 cm³/mol. The number of hydrogen-bond acceptors (Lipinski definition) is 8. The van der Waals surface area contributed by atoms with Gasteiger partial charge >= 0.3 is 0 Å². The van der Waals surface area contributed by atoms with Gasteiger partial charge in [-0.1, -0.05) is 23.7 Å². The highest BCUT2D eigenvalue weighted by atomic mass is 35.5. The van der Waals surface area contributed by atoms with E-state index in [1.54, 1.807) is 12.4 Å². The first kappa shape index (κ1) is 21.0. The maximum atomic E-state index is 6.51. The van der Waals surface area contributed by atoms with Gasteiger partial charge in [-0.05, 0) is 24.3 Å². The van der Waals surface area contributed by atoms with E-state index < -0.39 is 0 Å². The van der Waals surface area contributed by atoms with Crippen LogP contribution < -0.4 is 4.90 Å². The van der Waals surface area contributed by atoms with E-state index in [-0.39, 0.29) is 0 Å². The number of pyridine rings is 1. The molecule has 178 valence electrons. The standard InChI is InChI=1S/C25H19ClN8O2/c26-18-3-1-2-16-19(4-5-28-22(16)18)34-20-11-15(33-6-8-35-9-7-33)10-17(24-29-13-30-32-24)23(20)31-25(34)21-12-27-14-36-21/h1-5,10-14H,6-9H2,(H,29,30,32). The minimum absolute atomic E-state index is 0.537. The number of morpholine rings is 1. The Kier molecular flexibility index (Phi) is 4.93. The van der Waals surface area contributed by atoms with Gasteiger partial charge in [-0.15, -0.1) is 0 Å². The van der Waals surface area contributed by atoms with Crippen LogP contribution in [0.3, 0.4) is 0 Å². The molecule has 0 bridgehead atoms. The Labute approximate surface area is 209 Å². The predicted octanol–water partition coefficient (Wildman–Crippen LogP) is 4.50. The van der Waals surface area contributed by atoms with Crippen LogP contribution in [0.2, 0.25) is 5.02 Å². The lowest BCUT2D eigenvalue weighted by Gasteiger charge is -2.29. The summed E-state index contributed by atoms with van der Waals surface area (Å²) < 4.78 is 13.4. The van der Waals surface area contributed by atoms with Crippen LogP contribution in [-0.2, 0) is 4.74 Å². The number of nitrogens with zero attached hydrogens (tertiary/aromatic N) is 7. The Balaban J connectivity index is 1.59. The molecule has 4 aromatic heterocycles. The van der Waals surface area contributed by atoms with E-state index in [0.717, 1.165) is 46.4 Å². The molecule has 1 aliphatic rings. The molecule has 2 aromatic carbocycles. The molecule has 1 fully saturated rings. The van der Waals surface area contributed by atoms with Gasteiger partial charge in [0.2, 0.25) is 0 Å². The van der Waals surface area contributed by atoms with Gasteiger partial charge in [0, 0.05) is 35.9 Å². The molecule has 6 aromatic rings. The second kappa shape index (κ2) is 8.43. The largest absolute Gasteiger partial charge is 0.440 e. The molecule has 0 unspecified atom stereocenters. The maximum Gasteiger partial charge on any atom is 0.190 e. The molecule has 0 radical (unpaired) electrons. The van der Waals surface area contributed by atoms with Crippen molar-refractivity contribution in [1.29, 1.82) is 0 Å². The van der Waals surface area contributed by atoms with E-state index in [9.17, 15) is 0 Å². The second-order valence-electron chi connectivity index (χ2n) is 8.40. The molecular weight excluding hydrogens is 480 g/mol. The molecule has 0 spiro atoms. The molecule has 0 atom stereocenters. The summed E-state index contributed by atoms with van der Waals surface area (Å²) in [7, 11) is 0. The highest BCUT2D eigenvalue weighted by Gasteiger charge is 2.24. The summed E-state index contributed by atoms with van der Waals surface area (Å²) in [6.07, 6.45) is 6.31. The third-order valence-electron chi connectivity index (χ3n) is 6.38. The van der Waals surface area contributed by atoms with Crippen LogP contribution in [0.4, 0.5) is 5.69 Å². The molecule has 36 heavy (non-hydrogen) atoms. The van der Waals surface area contributed by atoms with Gasteiger partial charge in [0.15, 0.2) is 23.8 Å². The number of aromatic nitrogens is 7. The fourth-order valence-corrected chi connectivity index (χ4v) is 4.96. The highest BCUT2D eigenvalue weighted by Crippen LogP contribution is 2.38. The Morgan fingerprint density at radius 2 is 1.94 bits per heavy atom. The Morgan fingerprint density at radius 3 is 2.75 bits per heavy atom. The molecule has 1 saturated heterocycles. The fraction of sp³-hybridized carbons (Fsp3) is 0.160. The normalized spacial score (nSPS) is 14.2. The zero-order chi connectivity index (χ0) is 24.1. The van der Waals surface area contributed by atoms with Crippen LogP contribution in [-0.4, -0.2) is 61.0 Å². The number of rotatable bonds is 4. The number of H-pyrrole nitrogens is 1. The van der Waals surface area contributed by atoms with Gasteiger partial charge in [-0.2, -0.15) is 5.10 Å². The summed E-state index contributed by atoms with van der Waals surface area (Å²) in [5.41, 5.74) is 5.09. The molecule has 0 amide bonds. The number of anilines is 1. The average Bonchev–Trinajstić information content (AvgIpc) is 3.70. The van der Waals surface area contributed by atoms with Crippen molar-refractivity contribution in [1.82, 2.24) is 34.7 Å². The minimum Gasteiger partial charge on any atom is -0.440 e. The number of fused-ring (bicyclic) bond motifs is 2. The molecule has 1 N–H and O–H groups in total. The summed E-state index contributed by atoms with van der Waals surface area (Å²) >= 11 is 6.51. The second-order valence-corrected chi connectivity index (χ2v) is 8.80. The number of oxazole rings is 1. The molecule has 7 rings (SSSR count). The molecule has 1 aliphatic heterocycles. The monoisotopic (exact) mass is 498 g/mol. The molecule has 10 nitrogen and oxygen atoms in total. The topological polar surface area (TPSA) is 111 Å². The van der Waals surface area contributed by atoms with Gasteiger partial charge in [-0.25, -0.2) is 15.0 Å². The number of aromatic amines is 1. The van der Waals surface area contributed by atoms with Crippen molar-refractivity contribution in [2.45, 2.75) is 0 Å². The fourth-order valence-electron chi connectivity index (χ4n) is 4.74. The van der Waals surface area contributed by atoms with Gasteiger partial charge < -0.3 is 14.1 Å². The SMILES string of the molecule is Clc1cccc2c(-n3c(-c4cnco4)nc4c(-c5ncn[nH]5)cc(N5CCOCC5)cc43)ccnc12. The lowest BCUT2D eigenvalue weighted by atomic mass is 10.1. The van der Waals surface area contributed by atoms with E-state index in [2.05, 4.69) is 46.7 Å². The smallest absolute Gasteiger partial charge is 0.190 e. The molecule has 0 saturated carbocycles. The minimum atomic E-state index is 0.537. The van der Waals surface area contributed by atoms with Crippen molar-refractivity contribution in [3.63, 3.8) is 0 Å². The van der Waals surface area contributed by atoms with E-state index in [4.69, 9.17) is 25.7 Å². The first-order chi connectivity index (χ1) is 17.8. The van der Waals surface area contributed by atoms with Crippen molar-refractivity contribution in [3.05, 3.63) is 66.5 Å². The van der Waals surface area contributed by atoms with Crippen molar-refractivity contribution in [2.75, 3.05) is 31.2 Å². The summed E-state index contributed by atoms with van der Waals surface area (Å²) in [5, 5.41) is 8.55. The first-order valence-corrected chi connectivity index (χ1v) is 11.8. The lowest BCUT2D eigenvalue weighted by Crippen LogP contribution is -2.36. The quantitative estimate of drug-likeness (QED) is 0.378. The third-order valence-corrected chi connectivity index (χ3v) is 6.69. The number of ether oxygens (including phenoxy) is 1. The van der Waals surface area contributed by atoms with Gasteiger partial charge in [-0.3, -0.25) is 14.6 Å². The number of imidazole rings is 1. The lowest BCUT2D eigenvalue weighted by molar-refractivity contribution is 0.122. The molecule has 11 heteroatoms. The van der Waals surface area contributed by atoms with Crippen molar-refractivity contribution >= 4 is 39.2 Å². The van der Waals surface area contributed by atoms with Gasteiger partial charge in [0.05, 0.1) is 41.2 Å². The van der Waals surface area contributed by atoms with Gasteiger partial charge in [0.1, 0.15) is 11.8 Å². The zero-order valence-electron chi connectivity index (χ0n) is 18.9. The van der Waals surface area contributed by atoms with E-state index >= 15 is 0 Å². The van der Waals surface area contributed by atoms with E-state index in [1.807, 2.05) is 24.3 Å². The van der Waals surface area contributed by atoms with E-state index in [1.165, 1.54) is 12.7 Å². The summed E-state index contributed by atoms with van der Waals surface area (Å²) in [4.78, 5) is 20.5. The summed E-state index contributed by atoms with van der Waals surface area (Å²) in [5.74, 6) is 1.77. The highest BCUT2D eigenvalue weighted by molar-refractivity contribution is 6.35. The first-order valence-electron chi connectivity index (χ1n) is 11.5. The maximum absolute atomic E-state index is 6.51. The Hall–Kier alpha value is -4.28. The van der Waals surface area contributed by atoms with Crippen LogP contribution in [0.25, 0.3) is 50.6 Å². The van der Waals surface area contributed by atoms with Crippen molar-refractivity contribution in [3.8, 4) is 28.7 Å². The third kappa shape index (κ3) is 3.34. The zero-order valence-corrected chi connectivity index (χ0v) is 19.7. The van der Waals surface area contributed by atoms with E-state index in [0.29, 0.717) is 41.2 Å². The van der Waals surface area contributed by atoms with Gasteiger partial charge in [0.25, 0.3) is 0 Å². The number of halogens is 1. The number of benzene rings is 2. The number of hydrogen-bond donors (Lipinski definition) is 1. The molecular formula is C25H19ClN8O2. The van der Waals surface area contributed by atoms with Crippen LogP contribution in [0.15, 0.2) is 65.9 Å². The van der Waals surface area contributed by atoms with Crippen LogP contribution in [0.1, 0.15) is 0 Å². The molecule has 0 aliphatic carbocycles. The van der Waals surface area contributed by atoms with Crippen molar-refractivity contribution < 1.29 is 9.15 Å². The van der Waals surface area contributed by atoms with Crippen LogP contribution >= 0.6 is 11.6 Å². The molecule has 5 heterocycles. The summed E-state index contributed by atoms with van der Waals surface area (Å²) in [6, 6.07) is 11.9. The number of para-hydroxylation sites is 1. The summed E-state index contributed by atoms with van der Waals surface area (Å²) in [6.45, 7) is 2.92. The average molecular weight is 499 g/mol. The Morgan fingerprint density at radius 1 is 1.03 bits per heavy atom. The number of nitrogens with one attached hydrogen (secondary N) is 1. The van der Waals surface area contributed by atoms with Crippen molar-refractivity contribution in [2.24, 2.45) is 0 Å².